The third-order valence-electron chi connectivity index (χ3n) is 5.88. The van der Waals surface area contributed by atoms with Crippen molar-refractivity contribution >= 4 is 17.7 Å². The molecule has 1 atom stereocenters. The molecule has 0 radical (unpaired) electrons. The molecular weight excluding hydrogens is 394 g/mol. The van der Waals surface area contributed by atoms with E-state index in [2.05, 4.69) is 41.4 Å². The van der Waals surface area contributed by atoms with Crippen molar-refractivity contribution in [1.82, 2.24) is 15.1 Å². The summed E-state index contributed by atoms with van der Waals surface area (Å²) in [6, 6.07) is 15.1. The number of rotatable bonds is 7. The number of aryl methyl sites for hydroxylation is 1. The first-order chi connectivity index (χ1) is 15.0. The maximum atomic E-state index is 12.6. The van der Waals surface area contributed by atoms with E-state index in [1.54, 1.807) is 24.3 Å². The molecule has 0 unspecified atom stereocenters. The lowest BCUT2D eigenvalue weighted by atomic mass is 10.0. The second-order valence-electron chi connectivity index (χ2n) is 7.94. The number of hydrogen-bond acceptors (Lipinski definition) is 5. The van der Waals surface area contributed by atoms with Gasteiger partial charge in [0.25, 0.3) is 11.8 Å². The minimum absolute atomic E-state index is 0.0488. The summed E-state index contributed by atoms with van der Waals surface area (Å²) in [5, 5.41) is 3.00. The zero-order valence-corrected chi connectivity index (χ0v) is 17.7. The molecule has 0 aromatic heterocycles. The number of nitrogens with one attached hydrogen (secondary N) is 1. The van der Waals surface area contributed by atoms with E-state index >= 15 is 0 Å². The highest BCUT2D eigenvalue weighted by Crippen LogP contribution is 2.23. The predicted octanol–water partition coefficient (Wildman–Crippen LogP) is 2.17. The Kier molecular flexibility index (Phi) is 6.44. The van der Waals surface area contributed by atoms with Gasteiger partial charge < -0.3 is 10.1 Å². The Labute approximate surface area is 182 Å². The van der Waals surface area contributed by atoms with Crippen molar-refractivity contribution in [2.45, 2.75) is 19.4 Å². The van der Waals surface area contributed by atoms with Gasteiger partial charge in [0.05, 0.1) is 30.4 Å². The van der Waals surface area contributed by atoms with Crippen molar-refractivity contribution in [3.63, 3.8) is 0 Å². The molecule has 0 aliphatic carbocycles. The number of carbonyl (C=O) groups excluding carboxylic acids is 3. The fourth-order valence-corrected chi connectivity index (χ4v) is 4.09. The van der Waals surface area contributed by atoms with E-state index in [1.807, 2.05) is 0 Å². The monoisotopic (exact) mass is 421 g/mol. The first kappa shape index (κ1) is 21.2. The highest BCUT2D eigenvalue weighted by Gasteiger charge is 2.35. The fourth-order valence-electron chi connectivity index (χ4n) is 4.09. The number of morpholine rings is 1. The molecule has 0 bridgehead atoms. The predicted molar refractivity (Wildman–Crippen MR) is 116 cm³/mol. The van der Waals surface area contributed by atoms with Crippen LogP contribution in [0, 0.1) is 6.92 Å². The van der Waals surface area contributed by atoms with Gasteiger partial charge in [-0.3, -0.25) is 24.2 Å². The molecule has 2 aliphatic rings. The number of benzene rings is 2. The Hall–Kier alpha value is -3.03. The Balaban J connectivity index is 1.35. The van der Waals surface area contributed by atoms with E-state index < -0.39 is 0 Å². The molecule has 4 rings (SSSR count). The van der Waals surface area contributed by atoms with Gasteiger partial charge in [-0.25, -0.2) is 0 Å². The van der Waals surface area contributed by atoms with Gasteiger partial charge in [0.2, 0.25) is 5.91 Å². The van der Waals surface area contributed by atoms with Gasteiger partial charge in [-0.1, -0.05) is 42.0 Å². The van der Waals surface area contributed by atoms with Crippen molar-refractivity contribution in [2.75, 3.05) is 39.4 Å². The van der Waals surface area contributed by atoms with Gasteiger partial charge in [0.15, 0.2) is 0 Å². The summed E-state index contributed by atoms with van der Waals surface area (Å²) in [7, 11) is 0. The molecule has 2 heterocycles. The lowest BCUT2D eigenvalue weighted by molar-refractivity contribution is -0.121. The molecule has 162 valence electrons. The molecule has 2 aliphatic heterocycles. The Morgan fingerprint density at radius 3 is 2.23 bits per heavy atom. The molecule has 31 heavy (non-hydrogen) atoms. The maximum absolute atomic E-state index is 12.6. The number of nitrogens with zero attached hydrogens (tertiary/aromatic N) is 2. The van der Waals surface area contributed by atoms with Crippen LogP contribution in [0.4, 0.5) is 0 Å². The largest absolute Gasteiger partial charge is 0.379 e. The smallest absolute Gasteiger partial charge is 0.261 e. The van der Waals surface area contributed by atoms with Crippen molar-refractivity contribution in [3.05, 3.63) is 70.8 Å². The first-order valence-corrected chi connectivity index (χ1v) is 10.6. The highest BCUT2D eigenvalue weighted by atomic mass is 16.5. The SMILES string of the molecule is Cc1ccc([C@@H](CNC(=O)CCN2C(=O)c3ccccc3C2=O)N2CCOCC2)cc1. The summed E-state index contributed by atoms with van der Waals surface area (Å²) in [6.45, 7) is 5.56. The van der Waals surface area contributed by atoms with Crippen LogP contribution < -0.4 is 5.32 Å². The van der Waals surface area contributed by atoms with Gasteiger partial charge in [0, 0.05) is 32.6 Å². The molecule has 1 fully saturated rings. The van der Waals surface area contributed by atoms with Gasteiger partial charge in [-0.2, -0.15) is 0 Å². The normalized spacial score (nSPS) is 17.5. The van der Waals surface area contributed by atoms with Gasteiger partial charge in [0.1, 0.15) is 0 Å². The first-order valence-electron chi connectivity index (χ1n) is 10.6. The molecule has 3 amide bonds. The molecule has 7 heteroatoms. The molecule has 0 spiro atoms. The lowest BCUT2D eigenvalue weighted by Crippen LogP contribution is -2.44. The third-order valence-corrected chi connectivity index (χ3v) is 5.88. The second kappa shape index (κ2) is 9.41. The molecular formula is C24H27N3O4. The van der Waals surface area contributed by atoms with Crippen LogP contribution in [0.3, 0.4) is 0 Å². The number of imide groups is 1. The summed E-state index contributed by atoms with van der Waals surface area (Å²) in [5.41, 5.74) is 3.14. The average molecular weight is 421 g/mol. The third kappa shape index (κ3) is 4.68. The summed E-state index contributed by atoms with van der Waals surface area (Å²) in [6.07, 6.45) is 0.0786. The molecule has 0 saturated carbocycles. The van der Waals surface area contributed by atoms with Crippen LogP contribution in [-0.2, 0) is 9.53 Å². The molecule has 2 aromatic carbocycles. The van der Waals surface area contributed by atoms with Crippen molar-refractivity contribution in [3.8, 4) is 0 Å². The van der Waals surface area contributed by atoms with Crippen LogP contribution >= 0.6 is 0 Å². The lowest BCUT2D eigenvalue weighted by Gasteiger charge is -2.35. The molecule has 2 aromatic rings. The van der Waals surface area contributed by atoms with E-state index in [1.165, 1.54) is 5.56 Å². The minimum Gasteiger partial charge on any atom is -0.379 e. The standard InChI is InChI=1S/C24H27N3O4/c1-17-6-8-18(9-7-17)21(26-12-14-31-15-13-26)16-25-22(28)10-11-27-23(29)19-4-2-3-5-20(19)24(27)30/h2-9,21H,10-16H2,1H3,(H,25,28)/t21-/m1/s1. The number of ether oxygens (including phenoxy) is 1. The highest BCUT2D eigenvalue weighted by molar-refractivity contribution is 6.21. The second-order valence-corrected chi connectivity index (χ2v) is 7.94. The van der Waals surface area contributed by atoms with E-state index in [0.29, 0.717) is 30.9 Å². The number of amides is 3. The Morgan fingerprint density at radius 1 is 1.00 bits per heavy atom. The zero-order valence-electron chi connectivity index (χ0n) is 17.7. The van der Waals surface area contributed by atoms with Crippen LogP contribution in [0.1, 0.15) is 44.3 Å². The van der Waals surface area contributed by atoms with Crippen molar-refractivity contribution in [1.29, 1.82) is 0 Å². The van der Waals surface area contributed by atoms with Crippen molar-refractivity contribution in [2.24, 2.45) is 0 Å². The fraction of sp³-hybridized carbons (Fsp3) is 0.375. The Morgan fingerprint density at radius 2 is 1.61 bits per heavy atom. The van der Waals surface area contributed by atoms with Crippen LogP contribution in [0.2, 0.25) is 0 Å². The van der Waals surface area contributed by atoms with Gasteiger partial charge >= 0.3 is 0 Å². The van der Waals surface area contributed by atoms with Crippen LogP contribution in [-0.4, -0.2) is 66.9 Å². The zero-order chi connectivity index (χ0) is 21.8. The maximum Gasteiger partial charge on any atom is 0.261 e. The summed E-state index contributed by atoms with van der Waals surface area (Å²) in [5.74, 6) is -0.847. The molecule has 1 saturated heterocycles. The van der Waals surface area contributed by atoms with E-state index in [4.69, 9.17) is 4.74 Å². The number of carbonyl (C=O) groups is 3. The van der Waals surface area contributed by atoms with E-state index in [0.717, 1.165) is 23.6 Å². The number of fused-ring (bicyclic) bond motifs is 1. The number of hydrogen-bond donors (Lipinski definition) is 1. The van der Waals surface area contributed by atoms with Crippen LogP contribution in [0.25, 0.3) is 0 Å². The van der Waals surface area contributed by atoms with Crippen LogP contribution in [0.15, 0.2) is 48.5 Å². The summed E-state index contributed by atoms with van der Waals surface area (Å²) < 4.78 is 5.47. The minimum atomic E-state index is -0.334. The summed E-state index contributed by atoms with van der Waals surface area (Å²) in [4.78, 5) is 40.9. The van der Waals surface area contributed by atoms with Gasteiger partial charge in [-0.15, -0.1) is 0 Å². The topological polar surface area (TPSA) is 79.0 Å². The average Bonchev–Trinajstić information content (AvgIpc) is 3.04. The molecule has 7 nitrogen and oxygen atoms in total. The van der Waals surface area contributed by atoms with Crippen LogP contribution in [0.5, 0.6) is 0 Å². The quantitative estimate of drug-likeness (QED) is 0.694. The Bertz CT molecular complexity index is 932. The van der Waals surface area contributed by atoms with Crippen molar-refractivity contribution < 1.29 is 19.1 Å². The van der Waals surface area contributed by atoms with E-state index in [-0.39, 0.29) is 36.7 Å². The summed E-state index contributed by atoms with van der Waals surface area (Å²) >= 11 is 0. The molecule has 1 N–H and O–H groups in total. The van der Waals surface area contributed by atoms with Gasteiger partial charge in [-0.05, 0) is 24.6 Å². The van der Waals surface area contributed by atoms with E-state index in [9.17, 15) is 14.4 Å².